The van der Waals surface area contributed by atoms with E-state index in [-0.39, 0.29) is 25.9 Å². The van der Waals surface area contributed by atoms with Crippen LogP contribution < -0.4 is 0 Å². The molecular weight excluding hydrogens is 901 g/mol. The molecule has 1 saturated heterocycles. The second-order valence-corrected chi connectivity index (χ2v) is 20.3. The highest BCUT2D eigenvalue weighted by Gasteiger charge is 2.50. The zero-order valence-electron chi connectivity index (χ0n) is 45.5. The smallest absolute Gasteiger partial charge is 0.335 e. The number of ether oxygens (including phenoxy) is 5. The lowest BCUT2D eigenvalue weighted by Gasteiger charge is -2.40. The van der Waals surface area contributed by atoms with Crippen molar-refractivity contribution in [3.05, 3.63) is 24.3 Å². The van der Waals surface area contributed by atoms with Crippen molar-refractivity contribution < 1.29 is 58.2 Å². The lowest BCUT2D eigenvalue weighted by molar-refractivity contribution is -0.301. The maximum atomic E-state index is 13.1. The number of carboxylic acids is 1. The van der Waals surface area contributed by atoms with Gasteiger partial charge in [-0.15, -0.1) is 0 Å². The number of aliphatic carboxylic acids is 1. The number of allylic oxidation sites excluding steroid dienone is 4. The third-order valence-corrected chi connectivity index (χ3v) is 13.5. The molecule has 1 fully saturated rings. The molecule has 71 heavy (non-hydrogen) atoms. The first kappa shape index (κ1) is 66.2. The normalized spacial score (nSPS) is 18.6. The van der Waals surface area contributed by atoms with Gasteiger partial charge < -0.3 is 39.0 Å². The van der Waals surface area contributed by atoms with Gasteiger partial charge in [-0.05, 0) is 51.4 Å². The number of aliphatic hydroxyl groups is 2. The Hall–Kier alpha value is -2.80. The number of rotatable bonds is 50. The minimum atomic E-state index is -1.90. The molecule has 0 spiro atoms. The van der Waals surface area contributed by atoms with Crippen LogP contribution in [0.4, 0.5) is 0 Å². The lowest BCUT2D eigenvalue weighted by atomic mass is 9.98. The van der Waals surface area contributed by atoms with Crippen molar-refractivity contribution in [3.63, 3.8) is 0 Å². The Bertz CT molecular complexity index is 1340. The molecule has 3 N–H and O–H groups in total. The molecule has 6 unspecified atom stereocenters. The number of esters is 3. The molecule has 414 valence electrons. The Kier molecular flexibility index (Phi) is 44.9. The lowest BCUT2D eigenvalue weighted by Crippen LogP contribution is -2.61. The van der Waals surface area contributed by atoms with Gasteiger partial charge in [0.15, 0.2) is 24.6 Å². The van der Waals surface area contributed by atoms with Crippen molar-refractivity contribution in [1.82, 2.24) is 0 Å². The SMILES string of the molecule is CCCCC/C=C\C/C=C\CCCCCCCCCC(=O)OCC(COC1OC(C(=O)O)C(O)C(O)C1OC(=O)CCCCCCCCCCCCCCC)OC(=O)CCCCCCCCCCCCC. The minimum Gasteiger partial charge on any atom is -0.479 e. The molecule has 1 heterocycles. The highest BCUT2D eigenvalue weighted by atomic mass is 16.7. The Morgan fingerprint density at radius 3 is 1.30 bits per heavy atom. The summed E-state index contributed by atoms with van der Waals surface area (Å²) in [6.07, 6.45) is 41.5. The van der Waals surface area contributed by atoms with Crippen LogP contribution in [-0.2, 0) is 42.9 Å². The third-order valence-electron chi connectivity index (χ3n) is 13.5. The van der Waals surface area contributed by atoms with Crippen LogP contribution in [0.1, 0.15) is 278 Å². The van der Waals surface area contributed by atoms with E-state index in [1.165, 1.54) is 141 Å². The zero-order chi connectivity index (χ0) is 51.8. The summed E-state index contributed by atoms with van der Waals surface area (Å²) in [5, 5.41) is 31.4. The van der Waals surface area contributed by atoms with E-state index in [0.29, 0.717) is 19.3 Å². The molecule has 0 saturated carbocycles. The Morgan fingerprint density at radius 2 is 0.845 bits per heavy atom. The topological polar surface area (TPSA) is 175 Å². The van der Waals surface area contributed by atoms with Crippen LogP contribution in [0.3, 0.4) is 0 Å². The molecule has 1 aliphatic rings. The Morgan fingerprint density at radius 1 is 0.465 bits per heavy atom. The number of carbonyl (C=O) groups is 4. The fourth-order valence-electron chi connectivity index (χ4n) is 8.99. The quantitative estimate of drug-likeness (QED) is 0.0228. The van der Waals surface area contributed by atoms with Gasteiger partial charge in [0, 0.05) is 19.3 Å². The zero-order valence-corrected chi connectivity index (χ0v) is 45.5. The standard InChI is InChI=1S/C59H106O12/c1-4-7-10-13-16-19-22-24-25-26-27-29-31-33-36-39-42-45-51(60)67-48-50(69-52(61)46-43-40-37-34-30-21-18-15-12-9-6-3)49-68-59-57(55(64)54(63)56(71-59)58(65)66)70-53(62)47-44-41-38-35-32-28-23-20-17-14-11-8-5-2/h16,19,24-25,50,54-57,59,63-64H,4-15,17-18,20-23,26-49H2,1-3H3,(H,65,66)/b19-16-,25-24-. The molecule has 0 aromatic heterocycles. The summed E-state index contributed by atoms with van der Waals surface area (Å²) < 4.78 is 28.4. The third kappa shape index (κ3) is 38.4. The number of carboxylic acid groups (broad SMARTS) is 1. The second-order valence-electron chi connectivity index (χ2n) is 20.3. The van der Waals surface area contributed by atoms with E-state index in [4.69, 9.17) is 23.7 Å². The molecule has 6 atom stereocenters. The average molecular weight is 1010 g/mol. The fourth-order valence-corrected chi connectivity index (χ4v) is 8.99. The predicted octanol–water partition coefficient (Wildman–Crippen LogP) is 14.7. The molecule has 0 aliphatic carbocycles. The Labute approximate surface area is 432 Å². The van der Waals surface area contributed by atoms with Crippen LogP contribution in [0.15, 0.2) is 24.3 Å². The van der Waals surface area contributed by atoms with Gasteiger partial charge in [0.1, 0.15) is 18.8 Å². The second kappa shape index (κ2) is 48.2. The average Bonchev–Trinajstić information content (AvgIpc) is 3.35. The summed E-state index contributed by atoms with van der Waals surface area (Å²) in [5.41, 5.74) is 0. The van der Waals surface area contributed by atoms with Crippen molar-refractivity contribution >= 4 is 23.9 Å². The fraction of sp³-hybridized carbons (Fsp3) is 0.864. The molecular formula is C59H106O12. The van der Waals surface area contributed by atoms with E-state index >= 15 is 0 Å². The van der Waals surface area contributed by atoms with Crippen LogP contribution in [0.5, 0.6) is 0 Å². The van der Waals surface area contributed by atoms with Gasteiger partial charge in [0.25, 0.3) is 0 Å². The molecule has 12 nitrogen and oxygen atoms in total. The van der Waals surface area contributed by atoms with Crippen LogP contribution >= 0.6 is 0 Å². The summed E-state index contributed by atoms with van der Waals surface area (Å²) in [6, 6.07) is 0. The maximum Gasteiger partial charge on any atom is 0.335 e. The number of unbranched alkanes of at least 4 members (excludes halogenated alkanes) is 32. The molecule has 1 aliphatic heterocycles. The molecule has 1 rings (SSSR count). The van der Waals surface area contributed by atoms with Crippen molar-refractivity contribution in [2.24, 2.45) is 0 Å². The molecule has 0 aromatic rings. The molecule has 0 amide bonds. The van der Waals surface area contributed by atoms with Gasteiger partial charge in [-0.2, -0.15) is 0 Å². The number of aliphatic hydroxyl groups excluding tert-OH is 2. The van der Waals surface area contributed by atoms with Gasteiger partial charge in [-0.3, -0.25) is 14.4 Å². The summed E-state index contributed by atoms with van der Waals surface area (Å²) in [6.45, 7) is 5.97. The van der Waals surface area contributed by atoms with E-state index in [2.05, 4.69) is 45.1 Å². The van der Waals surface area contributed by atoms with Crippen LogP contribution in [0, 0.1) is 0 Å². The minimum absolute atomic E-state index is 0.0664. The molecule has 0 bridgehead atoms. The molecule has 0 radical (unpaired) electrons. The van der Waals surface area contributed by atoms with Crippen molar-refractivity contribution in [2.75, 3.05) is 13.2 Å². The maximum absolute atomic E-state index is 13.1. The van der Waals surface area contributed by atoms with Crippen molar-refractivity contribution in [2.45, 2.75) is 314 Å². The highest BCUT2D eigenvalue weighted by molar-refractivity contribution is 5.74. The highest BCUT2D eigenvalue weighted by Crippen LogP contribution is 2.26. The number of hydrogen-bond donors (Lipinski definition) is 3. The number of hydrogen-bond acceptors (Lipinski definition) is 11. The van der Waals surface area contributed by atoms with Gasteiger partial charge in [0.05, 0.1) is 6.61 Å². The first-order valence-electron chi connectivity index (χ1n) is 29.3. The van der Waals surface area contributed by atoms with Gasteiger partial charge in [0.2, 0.25) is 0 Å². The Balaban J connectivity index is 2.67. The van der Waals surface area contributed by atoms with E-state index in [9.17, 15) is 34.5 Å². The summed E-state index contributed by atoms with van der Waals surface area (Å²) in [5.74, 6) is -3.10. The largest absolute Gasteiger partial charge is 0.479 e. The van der Waals surface area contributed by atoms with Crippen molar-refractivity contribution in [1.29, 1.82) is 0 Å². The van der Waals surface area contributed by atoms with E-state index in [1.54, 1.807) is 0 Å². The summed E-state index contributed by atoms with van der Waals surface area (Å²) in [4.78, 5) is 51.0. The van der Waals surface area contributed by atoms with Gasteiger partial charge in [-0.1, -0.05) is 231 Å². The monoisotopic (exact) mass is 1010 g/mol. The van der Waals surface area contributed by atoms with Gasteiger partial charge in [-0.25, -0.2) is 4.79 Å². The van der Waals surface area contributed by atoms with Crippen molar-refractivity contribution in [3.8, 4) is 0 Å². The van der Waals surface area contributed by atoms with Gasteiger partial charge >= 0.3 is 23.9 Å². The van der Waals surface area contributed by atoms with E-state index in [1.807, 2.05) is 0 Å². The summed E-state index contributed by atoms with van der Waals surface area (Å²) >= 11 is 0. The summed E-state index contributed by atoms with van der Waals surface area (Å²) in [7, 11) is 0. The first-order chi connectivity index (χ1) is 34.6. The van der Waals surface area contributed by atoms with Crippen LogP contribution in [-0.4, -0.2) is 89.2 Å². The van der Waals surface area contributed by atoms with E-state index in [0.717, 1.165) is 77.0 Å². The van der Waals surface area contributed by atoms with E-state index < -0.39 is 67.3 Å². The number of carbonyl (C=O) groups excluding carboxylic acids is 3. The van der Waals surface area contributed by atoms with Crippen LogP contribution in [0.2, 0.25) is 0 Å². The molecule has 12 heteroatoms. The van der Waals surface area contributed by atoms with Crippen LogP contribution in [0.25, 0.3) is 0 Å². The predicted molar refractivity (Wildman–Crippen MR) is 285 cm³/mol. The molecule has 0 aromatic carbocycles. The first-order valence-corrected chi connectivity index (χ1v) is 29.3.